The van der Waals surface area contributed by atoms with Crippen LogP contribution in [0, 0.1) is 0 Å². The quantitative estimate of drug-likeness (QED) is 0.736. The zero-order valence-corrected chi connectivity index (χ0v) is 13.5. The number of hydrogen-bond acceptors (Lipinski definition) is 3. The van der Waals surface area contributed by atoms with Crippen LogP contribution in [0.15, 0.2) is 48.5 Å². The molecule has 0 amide bonds. The molecule has 2 aromatic carbocycles. The SMILES string of the molecule is CCC(N)(c1cccc(OC(F)(F)F)c1)c1cccc(OC(F)(F)F)c1. The number of rotatable bonds is 5. The first-order valence-electron chi connectivity index (χ1n) is 7.44. The predicted molar refractivity (Wildman–Crippen MR) is 81.5 cm³/mol. The topological polar surface area (TPSA) is 44.5 Å². The minimum absolute atomic E-state index is 0.206. The average molecular weight is 379 g/mol. The average Bonchev–Trinajstić information content (AvgIpc) is 2.51. The summed E-state index contributed by atoms with van der Waals surface area (Å²) in [5.74, 6) is -0.943. The van der Waals surface area contributed by atoms with Crippen LogP contribution in [0.3, 0.4) is 0 Å². The zero-order chi connectivity index (χ0) is 19.6. The van der Waals surface area contributed by atoms with Gasteiger partial charge in [-0.15, -0.1) is 26.3 Å². The highest BCUT2D eigenvalue weighted by molar-refractivity contribution is 5.43. The number of alkyl halides is 6. The molecule has 0 radical (unpaired) electrons. The van der Waals surface area contributed by atoms with Crippen molar-refractivity contribution in [1.82, 2.24) is 0 Å². The van der Waals surface area contributed by atoms with Gasteiger partial charge in [-0.25, -0.2) is 0 Å². The van der Waals surface area contributed by atoms with Crippen LogP contribution in [0.5, 0.6) is 11.5 Å². The lowest BCUT2D eigenvalue weighted by Gasteiger charge is -2.30. The molecule has 0 saturated heterocycles. The lowest BCUT2D eigenvalue weighted by molar-refractivity contribution is -0.275. The first-order valence-corrected chi connectivity index (χ1v) is 7.44. The molecule has 2 rings (SSSR count). The molecular weight excluding hydrogens is 364 g/mol. The molecule has 0 fully saturated rings. The molecule has 0 aliphatic carbocycles. The van der Waals surface area contributed by atoms with E-state index in [1.54, 1.807) is 6.92 Å². The Hall–Kier alpha value is -2.42. The van der Waals surface area contributed by atoms with Crippen molar-refractivity contribution in [2.75, 3.05) is 0 Å². The van der Waals surface area contributed by atoms with Crippen molar-refractivity contribution in [3.05, 3.63) is 59.7 Å². The third-order valence-electron chi connectivity index (χ3n) is 3.72. The van der Waals surface area contributed by atoms with Crippen molar-refractivity contribution < 1.29 is 35.8 Å². The van der Waals surface area contributed by atoms with Gasteiger partial charge in [0.15, 0.2) is 0 Å². The van der Waals surface area contributed by atoms with Gasteiger partial charge in [0.1, 0.15) is 11.5 Å². The number of nitrogens with two attached hydrogens (primary N) is 1. The molecule has 0 spiro atoms. The van der Waals surface area contributed by atoms with Gasteiger partial charge >= 0.3 is 12.7 Å². The fraction of sp³-hybridized carbons (Fsp3) is 0.294. The van der Waals surface area contributed by atoms with Gasteiger partial charge in [-0.2, -0.15) is 0 Å². The first kappa shape index (κ1) is 19.9. The minimum atomic E-state index is -4.87. The van der Waals surface area contributed by atoms with E-state index in [-0.39, 0.29) is 17.5 Å². The number of benzene rings is 2. The second-order valence-electron chi connectivity index (χ2n) is 5.48. The van der Waals surface area contributed by atoms with E-state index in [2.05, 4.69) is 9.47 Å². The molecule has 142 valence electrons. The van der Waals surface area contributed by atoms with Gasteiger partial charge in [0.05, 0.1) is 5.54 Å². The standard InChI is InChI=1S/C17H15F6NO2/c1-2-15(24,11-5-3-7-13(9-11)25-16(18,19)20)12-6-4-8-14(10-12)26-17(21,22)23/h3-10H,2,24H2,1H3. The first-order chi connectivity index (χ1) is 11.9. The maximum Gasteiger partial charge on any atom is 0.573 e. The van der Waals surface area contributed by atoms with E-state index >= 15 is 0 Å². The number of halogens is 6. The molecule has 0 aliphatic rings. The van der Waals surface area contributed by atoms with E-state index in [0.29, 0.717) is 0 Å². The van der Waals surface area contributed by atoms with Crippen LogP contribution >= 0.6 is 0 Å². The van der Waals surface area contributed by atoms with Crippen LogP contribution in [-0.2, 0) is 5.54 Å². The summed E-state index contributed by atoms with van der Waals surface area (Å²) in [6.45, 7) is 1.66. The van der Waals surface area contributed by atoms with Crippen LogP contribution in [0.4, 0.5) is 26.3 Å². The second kappa shape index (κ2) is 7.06. The summed E-state index contributed by atoms with van der Waals surface area (Å²) in [5, 5.41) is 0. The Kier molecular flexibility index (Phi) is 5.41. The summed E-state index contributed by atoms with van der Waals surface area (Å²) in [6, 6.07) is 10.0. The monoisotopic (exact) mass is 379 g/mol. The Morgan fingerprint density at radius 1 is 0.769 bits per heavy atom. The summed E-state index contributed by atoms with van der Waals surface area (Å²) >= 11 is 0. The third-order valence-corrected chi connectivity index (χ3v) is 3.72. The van der Waals surface area contributed by atoms with E-state index in [4.69, 9.17) is 5.73 Å². The van der Waals surface area contributed by atoms with Crippen LogP contribution < -0.4 is 15.2 Å². The van der Waals surface area contributed by atoms with Crippen molar-refractivity contribution in [3.63, 3.8) is 0 Å². The highest BCUT2D eigenvalue weighted by Crippen LogP contribution is 2.35. The van der Waals surface area contributed by atoms with Gasteiger partial charge < -0.3 is 15.2 Å². The molecule has 2 N–H and O–H groups in total. The van der Waals surface area contributed by atoms with Gasteiger partial charge in [-0.1, -0.05) is 31.2 Å². The predicted octanol–water partition coefficient (Wildman–Crippen LogP) is 5.10. The van der Waals surface area contributed by atoms with Crippen molar-refractivity contribution >= 4 is 0 Å². The molecule has 0 unspecified atom stereocenters. The van der Waals surface area contributed by atoms with Gasteiger partial charge in [0.2, 0.25) is 0 Å². The van der Waals surface area contributed by atoms with E-state index in [9.17, 15) is 26.3 Å². The van der Waals surface area contributed by atoms with E-state index in [1.807, 2.05) is 0 Å². The van der Waals surface area contributed by atoms with Crippen molar-refractivity contribution in [1.29, 1.82) is 0 Å². The highest BCUT2D eigenvalue weighted by atomic mass is 19.4. The van der Waals surface area contributed by atoms with E-state index < -0.39 is 29.8 Å². The lowest BCUT2D eigenvalue weighted by atomic mass is 9.81. The molecule has 3 nitrogen and oxygen atoms in total. The summed E-state index contributed by atoms with van der Waals surface area (Å²) < 4.78 is 82.2. The van der Waals surface area contributed by atoms with E-state index in [0.717, 1.165) is 24.3 Å². The lowest BCUT2D eigenvalue weighted by Crippen LogP contribution is -2.37. The molecule has 0 atom stereocenters. The Morgan fingerprint density at radius 3 is 1.46 bits per heavy atom. The van der Waals surface area contributed by atoms with Gasteiger partial charge in [-0.05, 0) is 41.8 Å². The molecule has 26 heavy (non-hydrogen) atoms. The van der Waals surface area contributed by atoms with Crippen LogP contribution in [0.1, 0.15) is 24.5 Å². The maximum absolute atomic E-state index is 12.4. The van der Waals surface area contributed by atoms with Crippen LogP contribution in [0.2, 0.25) is 0 Å². The molecular formula is C17H15F6NO2. The molecule has 0 saturated carbocycles. The van der Waals surface area contributed by atoms with Gasteiger partial charge in [-0.3, -0.25) is 0 Å². The van der Waals surface area contributed by atoms with Gasteiger partial charge in [0, 0.05) is 0 Å². The third kappa shape index (κ3) is 5.04. The Bertz CT molecular complexity index is 698. The van der Waals surface area contributed by atoms with E-state index in [1.165, 1.54) is 24.3 Å². The number of hydrogen-bond donors (Lipinski definition) is 1. The fourth-order valence-corrected chi connectivity index (χ4v) is 2.52. The normalized spacial score (nSPS) is 12.8. The fourth-order valence-electron chi connectivity index (χ4n) is 2.52. The molecule has 2 aromatic rings. The summed E-state index contributed by atoms with van der Waals surface area (Å²) in [4.78, 5) is 0. The molecule has 0 aromatic heterocycles. The minimum Gasteiger partial charge on any atom is -0.406 e. The smallest absolute Gasteiger partial charge is 0.406 e. The zero-order valence-electron chi connectivity index (χ0n) is 13.5. The maximum atomic E-state index is 12.4. The summed E-state index contributed by atoms with van der Waals surface area (Å²) in [6.07, 6.45) is -9.54. The highest BCUT2D eigenvalue weighted by Gasteiger charge is 2.34. The molecule has 9 heteroatoms. The summed E-state index contributed by atoms with van der Waals surface area (Å²) in [5.41, 5.74) is 5.51. The Morgan fingerprint density at radius 2 is 1.15 bits per heavy atom. The van der Waals surface area contributed by atoms with Crippen molar-refractivity contribution in [3.8, 4) is 11.5 Å². The molecule has 0 bridgehead atoms. The Labute approximate surface area is 145 Å². The number of ether oxygens (including phenoxy) is 2. The van der Waals surface area contributed by atoms with Crippen LogP contribution in [-0.4, -0.2) is 12.7 Å². The molecule has 0 aliphatic heterocycles. The van der Waals surface area contributed by atoms with Crippen molar-refractivity contribution in [2.45, 2.75) is 31.6 Å². The molecule has 0 heterocycles. The van der Waals surface area contributed by atoms with Crippen molar-refractivity contribution in [2.24, 2.45) is 5.73 Å². The summed E-state index contributed by atoms with van der Waals surface area (Å²) in [7, 11) is 0. The Balaban J connectivity index is 2.42. The van der Waals surface area contributed by atoms with Gasteiger partial charge in [0.25, 0.3) is 0 Å². The largest absolute Gasteiger partial charge is 0.573 e. The second-order valence-corrected chi connectivity index (χ2v) is 5.48. The van der Waals surface area contributed by atoms with Crippen LogP contribution in [0.25, 0.3) is 0 Å².